The van der Waals surface area contributed by atoms with Gasteiger partial charge in [0.05, 0.1) is 12.8 Å². The quantitative estimate of drug-likeness (QED) is 0.772. The van der Waals surface area contributed by atoms with Crippen molar-refractivity contribution in [1.29, 1.82) is 0 Å². The molecule has 0 aromatic carbocycles. The minimum Gasteiger partial charge on any atom is -0.463 e. The first-order valence-electron chi connectivity index (χ1n) is 5.32. The SMILES string of the molecule is CCNC(=O)c1nc(C(=O)OC)n2c1C=CC2. The molecule has 2 heterocycles. The highest BCUT2D eigenvalue weighted by molar-refractivity contribution is 5.98. The van der Waals surface area contributed by atoms with E-state index in [2.05, 4.69) is 15.0 Å². The monoisotopic (exact) mass is 235 g/mol. The van der Waals surface area contributed by atoms with Gasteiger partial charge >= 0.3 is 5.97 Å². The van der Waals surface area contributed by atoms with Crippen LogP contribution in [0.5, 0.6) is 0 Å². The first kappa shape index (κ1) is 11.4. The van der Waals surface area contributed by atoms with Crippen molar-refractivity contribution >= 4 is 18.0 Å². The Morgan fingerprint density at radius 3 is 3.00 bits per heavy atom. The number of esters is 1. The van der Waals surface area contributed by atoms with Crippen LogP contribution in [0.25, 0.3) is 6.08 Å². The second kappa shape index (κ2) is 4.40. The average molecular weight is 235 g/mol. The fourth-order valence-corrected chi connectivity index (χ4v) is 1.75. The number of hydrogen-bond donors (Lipinski definition) is 1. The summed E-state index contributed by atoms with van der Waals surface area (Å²) < 4.78 is 6.30. The Morgan fingerprint density at radius 2 is 2.35 bits per heavy atom. The molecular weight excluding hydrogens is 222 g/mol. The number of nitrogens with one attached hydrogen (secondary N) is 1. The van der Waals surface area contributed by atoms with E-state index in [1.807, 2.05) is 13.0 Å². The van der Waals surface area contributed by atoms with Gasteiger partial charge in [-0.15, -0.1) is 0 Å². The van der Waals surface area contributed by atoms with Crippen molar-refractivity contribution in [2.24, 2.45) is 0 Å². The number of imidazole rings is 1. The van der Waals surface area contributed by atoms with Gasteiger partial charge < -0.3 is 14.6 Å². The smallest absolute Gasteiger partial charge is 0.374 e. The zero-order valence-electron chi connectivity index (χ0n) is 9.69. The van der Waals surface area contributed by atoms with Crippen LogP contribution in [-0.4, -0.2) is 35.1 Å². The molecule has 17 heavy (non-hydrogen) atoms. The molecule has 1 aromatic rings. The number of amides is 1. The number of nitrogens with zero attached hydrogens (tertiary/aromatic N) is 2. The lowest BCUT2D eigenvalue weighted by Crippen LogP contribution is -2.23. The van der Waals surface area contributed by atoms with Crippen molar-refractivity contribution in [3.63, 3.8) is 0 Å². The number of carbonyl (C=O) groups excluding carboxylic acids is 2. The van der Waals surface area contributed by atoms with Crippen molar-refractivity contribution in [1.82, 2.24) is 14.9 Å². The van der Waals surface area contributed by atoms with Crippen molar-refractivity contribution in [2.75, 3.05) is 13.7 Å². The summed E-state index contributed by atoms with van der Waals surface area (Å²) in [6.45, 7) is 2.87. The summed E-state index contributed by atoms with van der Waals surface area (Å²) in [5, 5.41) is 2.66. The molecule has 6 nitrogen and oxygen atoms in total. The molecule has 0 radical (unpaired) electrons. The summed E-state index contributed by atoms with van der Waals surface area (Å²) in [6.07, 6.45) is 3.65. The van der Waals surface area contributed by atoms with Gasteiger partial charge in [-0.1, -0.05) is 6.08 Å². The summed E-state index contributed by atoms with van der Waals surface area (Å²) in [5.41, 5.74) is 0.914. The Morgan fingerprint density at radius 1 is 1.59 bits per heavy atom. The number of hydrogen-bond acceptors (Lipinski definition) is 4. The Balaban J connectivity index is 2.44. The van der Waals surface area contributed by atoms with Crippen LogP contribution in [0.3, 0.4) is 0 Å². The third-order valence-electron chi connectivity index (χ3n) is 2.49. The molecule has 0 aliphatic carbocycles. The number of carbonyl (C=O) groups is 2. The number of allylic oxidation sites excluding steroid dienone is 1. The molecule has 1 aromatic heterocycles. The first-order chi connectivity index (χ1) is 8.19. The third kappa shape index (κ3) is 1.82. The second-order valence-corrected chi connectivity index (χ2v) is 3.53. The van der Waals surface area contributed by atoms with Gasteiger partial charge in [0, 0.05) is 13.1 Å². The Kier molecular flexibility index (Phi) is 2.95. The van der Waals surface area contributed by atoms with E-state index in [1.54, 1.807) is 10.6 Å². The molecule has 1 amide bonds. The van der Waals surface area contributed by atoms with E-state index in [9.17, 15) is 9.59 Å². The molecule has 0 unspecified atom stereocenters. The maximum atomic E-state index is 11.8. The van der Waals surface area contributed by atoms with E-state index in [1.165, 1.54) is 7.11 Å². The van der Waals surface area contributed by atoms with Crippen molar-refractivity contribution < 1.29 is 14.3 Å². The molecule has 0 saturated carbocycles. The number of aromatic nitrogens is 2. The van der Waals surface area contributed by atoms with Crippen LogP contribution in [0.15, 0.2) is 6.08 Å². The van der Waals surface area contributed by atoms with Gasteiger partial charge in [0.2, 0.25) is 5.82 Å². The first-order valence-corrected chi connectivity index (χ1v) is 5.32. The van der Waals surface area contributed by atoms with Crippen LogP contribution in [0.1, 0.15) is 33.7 Å². The standard InChI is InChI=1S/C11H13N3O3/c1-3-12-10(15)8-7-5-4-6-14(7)9(13-8)11(16)17-2/h4-5H,3,6H2,1-2H3,(H,12,15). The Labute approximate surface area is 98.3 Å². The van der Waals surface area contributed by atoms with Gasteiger partial charge in [-0.25, -0.2) is 9.78 Å². The highest BCUT2D eigenvalue weighted by Crippen LogP contribution is 2.20. The predicted molar refractivity (Wildman–Crippen MR) is 60.6 cm³/mol. The van der Waals surface area contributed by atoms with E-state index in [4.69, 9.17) is 0 Å². The van der Waals surface area contributed by atoms with E-state index in [-0.39, 0.29) is 17.4 Å². The lowest BCUT2D eigenvalue weighted by atomic mass is 10.3. The third-order valence-corrected chi connectivity index (χ3v) is 2.49. The molecule has 0 fully saturated rings. The average Bonchev–Trinajstić information content (AvgIpc) is 2.89. The van der Waals surface area contributed by atoms with Crippen LogP contribution < -0.4 is 5.32 Å². The van der Waals surface area contributed by atoms with Crippen LogP contribution in [0.4, 0.5) is 0 Å². The maximum Gasteiger partial charge on any atom is 0.374 e. The van der Waals surface area contributed by atoms with Crippen LogP contribution >= 0.6 is 0 Å². The second-order valence-electron chi connectivity index (χ2n) is 3.53. The van der Waals surface area contributed by atoms with Crippen LogP contribution in [0, 0.1) is 0 Å². The zero-order chi connectivity index (χ0) is 12.4. The molecule has 1 aliphatic heterocycles. The molecule has 2 rings (SSSR count). The number of rotatable bonds is 3. The predicted octanol–water partition coefficient (Wildman–Crippen LogP) is 0.446. The summed E-state index contributed by atoms with van der Waals surface area (Å²) in [5.74, 6) is -0.655. The molecule has 0 saturated heterocycles. The minimum atomic E-state index is -0.537. The molecule has 1 aliphatic rings. The Hall–Kier alpha value is -2.11. The minimum absolute atomic E-state index is 0.161. The molecule has 90 valence electrons. The van der Waals surface area contributed by atoms with Gasteiger partial charge in [-0.2, -0.15) is 0 Å². The molecular formula is C11H13N3O3. The maximum absolute atomic E-state index is 11.8. The zero-order valence-corrected chi connectivity index (χ0v) is 9.69. The molecule has 0 spiro atoms. The summed E-state index contributed by atoms with van der Waals surface area (Å²) in [4.78, 5) is 27.3. The van der Waals surface area contributed by atoms with Crippen molar-refractivity contribution in [3.05, 3.63) is 23.3 Å². The van der Waals surface area contributed by atoms with E-state index < -0.39 is 5.97 Å². The molecule has 0 bridgehead atoms. The van der Waals surface area contributed by atoms with Crippen LogP contribution in [-0.2, 0) is 11.3 Å². The van der Waals surface area contributed by atoms with Gasteiger partial charge in [0.15, 0.2) is 5.69 Å². The lowest BCUT2D eigenvalue weighted by Gasteiger charge is -2.00. The highest BCUT2D eigenvalue weighted by Gasteiger charge is 2.26. The van der Waals surface area contributed by atoms with Gasteiger partial charge in [-0.05, 0) is 13.0 Å². The molecule has 1 N–H and O–H groups in total. The fraction of sp³-hybridized carbons (Fsp3) is 0.364. The van der Waals surface area contributed by atoms with Gasteiger partial charge in [0.25, 0.3) is 5.91 Å². The van der Waals surface area contributed by atoms with Gasteiger partial charge in [-0.3, -0.25) is 4.79 Å². The van der Waals surface area contributed by atoms with E-state index in [0.29, 0.717) is 18.8 Å². The molecule has 6 heteroatoms. The lowest BCUT2D eigenvalue weighted by molar-refractivity contribution is 0.0582. The number of ether oxygens (including phenoxy) is 1. The fourth-order valence-electron chi connectivity index (χ4n) is 1.75. The van der Waals surface area contributed by atoms with E-state index in [0.717, 1.165) is 0 Å². The van der Waals surface area contributed by atoms with Crippen LogP contribution in [0.2, 0.25) is 0 Å². The number of methoxy groups -OCH3 is 1. The summed E-state index contributed by atoms with van der Waals surface area (Å²) in [7, 11) is 1.29. The topological polar surface area (TPSA) is 73.2 Å². The van der Waals surface area contributed by atoms with Crippen molar-refractivity contribution in [3.8, 4) is 0 Å². The van der Waals surface area contributed by atoms with Gasteiger partial charge in [0.1, 0.15) is 0 Å². The van der Waals surface area contributed by atoms with E-state index >= 15 is 0 Å². The highest BCUT2D eigenvalue weighted by atomic mass is 16.5. The normalized spacial score (nSPS) is 12.4. The number of fused-ring (bicyclic) bond motifs is 1. The Bertz CT molecular complexity index is 502. The summed E-state index contributed by atoms with van der Waals surface area (Å²) in [6, 6.07) is 0. The summed E-state index contributed by atoms with van der Waals surface area (Å²) >= 11 is 0. The largest absolute Gasteiger partial charge is 0.463 e. The molecule has 0 atom stereocenters. The van der Waals surface area contributed by atoms with Crippen molar-refractivity contribution in [2.45, 2.75) is 13.5 Å².